The summed E-state index contributed by atoms with van der Waals surface area (Å²) in [5.41, 5.74) is 2.28. The van der Waals surface area contributed by atoms with Gasteiger partial charge >= 0.3 is 12.1 Å². The van der Waals surface area contributed by atoms with Crippen LogP contribution in [0.3, 0.4) is 0 Å². The molecule has 2 aromatic carbocycles. The summed E-state index contributed by atoms with van der Waals surface area (Å²) in [6, 6.07) is 12.7. The van der Waals surface area contributed by atoms with Gasteiger partial charge in [0, 0.05) is 30.9 Å². The van der Waals surface area contributed by atoms with Crippen molar-refractivity contribution in [2.45, 2.75) is 39.8 Å². The number of aromatic nitrogens is 1. The number of hydrogen-bond donors (Lipinski definition) is 4. The lowest BCUT2D eigenvalue weighted by atomic mass is 9.99. The Kier molecular flexibility index (Phi) is 9.13. The SMILES string of the molecule is Cc1noc(C)c1NC(=O)Nc1ccc2c(c1)C(=O)N([C@H](C)CO)C[C@H](C)[C@@H](CN(C)C(=O)Nc1ccccc1)O2. The van der Waals surface area contributed by atoms with Gasteiger partial charge in [-0.15, -0.1) is 0 Å². The molecule has 218 valence electrons. The van der Waals surface area contributed by atoms with Crippen LogP contribution in [0.15, 0.2) is 53.1 Å². The number of anilines is 3. The lowest BCUT2D eigenvalue weighted by Gasteiger charge is -2.38. The van der Waals surface area contributed by atoms with Crippen molar-refractivity contribution in [3.63, 3.8) is 0 Å². The molecule has 2 heterocycles. The highest BCUT2D eigenvalue weighted by atomic mass is 16.5. The van der Waals surface area contributed by atoms with Gasteiger partial charge in [0.2, 0.25) is 0 Å². The number of para-hydroxylation sites is 1. The molecule has 0 saturated heterocycles. The van der Waals surface area contributed by atoms with Gasteiger partial charge in [-0.1, -0.05) is 30.3 Å². The molecule has 12 nitrogen and oxygen atoms in total. The minimum atomic E-state index is -0.531. The maximum atomic E-state index is 13.7. The van der Waals surface area contributed by atoms with Crippen LogP contribution in [-0.4, -0.2) is 76.9 Å². The van der Waals surface area contributed by atoms with Gasteiger partial charge in [-0.05, 0) is 51.1 Å². The zero-order valence-electron chi connectivity index (χ0n) is 23.8. The molecule has 0 saturated carbocycles. The maximum absolute atomic E-state index is 13.7. The largest absolute Gasteiger partial charge is 0.487 e. The molecule has 1 aliphatic heterocycles. The number of hydrogen-bond acceptors (Lipinski definition) is 7. The lowest BCUT2D eigenvalue weighted by molar-refractivity contribution is 0.0371. The normalized spacial score (nSPS) is 17.4. The summed E-state index contributed by atoms with van der Waals surface area (Å²) in [4.78, 5) is 42.4. The van der Waals surface area contributed by atoms with Crippen LogP contribution in [0, 0.1) is 19.8 Å². The van der Waals surface area contributed by atoms with Crippen LogP contribution in [0.25, 0.3) is 0 Å². The Bertz CT molecular complexity index is 1370. The Balaban J connectivity index is 1.56. The van der Waals surface area contributed by atoms with E-state index in [2.05, 4.69) is 21.1 Å². The molecule has 0 aliphatic carbocycles. The zero-order chi connectivity index (χ0) is 29.7. The summed E-state index contributed by atoms with van der Waals surface area (Å²) in [7, 11) is 1.68. The van der Waals surface area contributed by atoms with Crippen molar-refractivity contribution in [1.82, 2.24) is 15.0 Å². The number of benzene rings is 2. The number of ether oxygens (including phenoxy) is 1. The summed E-state index contributed by atoms with van der Waals surface area (Å²) >= 11 is 0. The number of nitrogens with zero attached hydrogens (tertiary/aromatic N) is 3. The highest BCUT2D eigenvalue weighted by Gasteiger charge is 2.34. The van der Waals surface area contributed by atoms with Gasteiger partial charge in [-0.3, -0.25) is 4.79 Å². The first-order valence-electron chi connectivity index (χ1n) is 13.4. The van der Waals surface area contributed by atoms with Crippen molar-refractivity contribution in [1.29, 1.82) is 0 Å². The first kappa shape index (κ1) is 29.4. The fraction of sp³-hybridized carbons (Fsp3) is 0.379. The smallest absolute Gasteiger partial charge is 0.323 e. The van der Waals surface area contributed by atoms with E-state index in [-0.39, 0.29) is 36.6 Å². The van der Waals surface area contributed by atoms with E-state index in [1.165, 1.54) is 4.90 Å². The molecule has 4 N–H and O–H groups in total. The van der Waals surface area contributed by atoms with E-state index < -0.39 is 18.2 Å². The molecule has 41 heavy (non-hydrogen) atoms. The van der Waals surface area contributed by atoms with Crippen LogP contribution >= 0.6 is 0 Å². The average molecular weight is 565 g/mol. The highest BCUT2D eigenvalue weighted by Crippen LogP contribution is 2.31. The molecule has 0 unspecified atom stereocenters. The quantitative estimate of drug-likeness (QED) is 0.334. The molecule has 3 aromatic rings. The standard InChI is InChI=1S/C29H36N6O6/c1-17-14-35(18(2)16-36)27(37)23-13-22(30-28(38)32-26-19(3)33-41-20(26)4)11-12-24(23)40-25(17)15-34(5)29(39)31-21-9-7-6-8-10-21/h6-13,17-18,25,36H,14-16H2,1-5H3,(H,31,39)(H2,30,32,38)/t17-,18+,25+/m0/s1. The number of rotatable bonds is 7. The van der Waals surface area contributed by atoms with Gasteiger partial charge in [0.15, 0.2) is 5.76 Å². The van der Waals surface area contributed by atoms with Gasteiger partial charge in [0.1, 0.15) is 23.2 Å². The van der Waals surface area contributed by atoms with Crippen molar-refractivity contribution in [2.75, 3.05) is 42.7 Å². The number of aliphatic hydroxyl groups excluding tert-OH is 1. The van der Waals surface area contributed by atoms with E-state index in [1.54, 1.807) is 63.1 Å². The zero-order valence-corrected chi connectivity index (χ0v) is 23.8. The molecular formula is C29H36N6O6. The first-order valence-corrected chi connectivity index (χ1v) is 13.4. The lowest BCUT2D eigenvalue weighted by Crippen LogP contribution is -2.50. The number of fused-ring (bicyclic) bond motifs is 1. The van der Waals surface area contributed by atoms with Crippen molar-refractivity contribution in [2.24, 2.45) is 5.92 Å². The second-order valence-electron chi connectivity index (χ2n) is 10.3. The molecule has 3 atom stereocenters. The van der Waals surface area contributed by atoms with E-state index in [1.807, 2.05) is 25.1 Å². The van der Waals surface area contributed by atoms with E-state index in [0.717, 1.165) is 0 Å². The number of aliphatic hydroxyl groups is 1. The molecule has 0 fully saturated rings. The van der Waals surface area contributed by atoms with E-state index in [9.17, 15) is 19.5 Å². The molecular weight excluding hydrogens is 528 g/mol. The molecule has 0 spiro atoms. The Morgan fingerprint density at radius 2 is 1.85 bits per heavy atom. The van der Waals surface area contributed by atoms with Crippen molar-refractivity contribution in [3.8, 4) is 5.75 Å². The van der Waals surface area contributed by atoms with Gasteiger partial charge in [0.25, 0.3) is 5.91 Å². The molecule has 5 amide bonds. The molecule has 1 aliphatic rings. The minimum Gasteiger partial charge on any atom is -0.487 e. The van der Waals surface area contributed by atoms with Crippen LogP contribution in [-0.2, 0) is 0 Å². The predicted molar refractivity (Wildman–Crippen MR) is 154 cm³/mol. The van der Waals surface area contributed by atoms with Crippen molar-refractivity contribution < 1.29 is 28.8 Å². The maximum Gasteiger partial charge on any atom is 0.323 e. The van der Waals surface area contributed by atoms with Crippen LogP contribution < -0.4 is 20.7 Å². The molecule has 0 radical (unpaired) electrons. The number of carbonyl (C=O) groups excluding carboxylic acids is 3. The van der Waals surface area contributed by atoms with Gasteiger partial charge in [0.05, 0.1) is 24.8 Å². The topological polar surface area (TPSA) is 149 Å². The molecule has 12 heteroatoms. The summed E-state index contributed by atoms with van der Waals surface area (Å²) in [6.07, 6.45) is -0.469. The highest BCUT2D eigenvalue weighted by molar-refractivity contribution is 6.03. The number of nitrogens with one attached hydrogen (secondary N) is 3. The number of likely N-dealkylation sites (N-methyl/N-ethyl adjacent to an activating group) is 1. The summed E-state index contributed by atoms with van der Waals surface area (Å²) in [6.45, 7) is 7.42. The summed E-state index contributed by atoms with van der Waals surface area (Å²) < 4.78 is 11.4. The van der Waals surface area contributed by atoms with Crippen LogP contribution in [0.4, 0.5) is 26.7 Å². The fourth-order valence-electron chi connectivity index (χ4n) is 4.55. The molecule has 1 aromatic heterocycles. The van der Waals surface area contributed by atoms with Crippen LogP contribution in [0.2, 0.25) is 0 Å². The summed E-state index contributed by atoms with van der Waals surface area (Å²) in [5.74, 6) is 0.273. The number of amides is 5. The molecule has 4 rings (SSSR count). The average Bonchev–Trinajstić information content (AvgIpc) is 3.27. The van der Waals surface area contributed by atoms with E-state index >= 15 is 0 Å². The first-order chi connectivity index (χ1) is 19.6. The third-order valence-corrected chi connectivity index (χ3v) is 7.02. The summed E-state index contributed by atoms with van der Waals surface area (Å²) in [5, 5.41) is 22.0. The van der Waals surface area contributed by atoms with E-state index in [0.29, 0.717) is 40.8 Å². The third kappa shape index (κ3) is 6.95. The number of urea groups is 2. The fourth-order valence-corrected chi connectivity index (χ4v) is 4.55. The Morgan fingerprint density at radius 3 is 2.51 bits per heavy atom. The predicted octanol–water partition coefficient (Wildman–Crippen LogP) is 4.32. The van der Waals surface area contributed by atoms with Gasteiger partial charge in [-0.25, -0.2) is 9.59 Å². The second-order valence-corrected chi connectivity index (χ2v) is 10.3. The number of carbonyl (C=O) groups is 3. The van der Waals surface area contributed by atoms with Gasteiger partial charge in [-0.2, -0.15) is 0 Å². The van der Waals surface area contributed by atoms with Crippen LogP contribution in [0.5, 0.6) is 5.75 Å². The van der Waals surface area contributed by atoms with Crippen molar-refractivity contribution in [3.05, 3.63) is 65.5 Å². The Hall–Kier alpha value is -4.58. The van der Waals surface area contributed by atoms with E-state index in [4.69, 9.17) is 9.26 Å². The molecule has 0 bridgehead atoms. The van der Waals surface area contributed by atoms with Crippen molar-refractivity contribution >= 4 is 35.0 Å². The second kappa shape index (κ2) is 12.7. The Morgan fingerprint density at radius 1 is 1.12 bits per heavy atom. The number of aryl methyl sites for hydroxylation is 2. The van der Waals surface area contributed by atoms with Crippen LogP contribution in [0.1, 0.15) is 35.7 Å². The third-order valence-electron chi connectivity index (χ3n) is 7.02. The van der Waals surface area contributed by atoms with Gasteiger partial charge < -0.3 is 40.1 Å². The Labute approximate surface area is 238 Å². The monoisotopic (exact) mass is 564 g/mol. The minimum absolute atomic E-state index is 0.174.